The molecule has 21 heavy (non-hydrogen) atoms. The van der Waals surface area contributed by atoms with Gasteiger partial charge in [-0.3, -0.25) is 9.59 Å². The Hall–Kier alpha value is -2.34. The fourth-order valence-electron chi connectivity index (χ4n) is 2.20. The summed E-state index contributed by atoms with van der Waals surface area (Å²) in [5.41, 5.74) is -0.727. The molecule has 2 rings (SSSR count). The molecule has 112 valence electrons. The maximum atomic E-state index is 12.0. The average Bonchev–Trinajstić information content (AvgIpc) is 2.76. The van der Waals surface area contributed by atoms with Gasteiger partial charge in [-0.25, -0.2) is 0 Å². The van der Waals surface area contributed by atoms with Crippen molar-refractivity contribution in [3.8, 4) is 0 Å². The van der Waals surface area contributed by atoms with Crippen molar-refractivity contribution in [1.29, 1.82) is 0 Å². The molecule has 0 saturated heterocycles. The Bertz CT molecular complexity index is 712. The second-order valence-corrected chi connectivity index (χ2v) is 5.23. The van der Waals surface area contributed by atoms with E-state index in [9.17, 15) is 14.7 Å². The first-order valence-electron chi connectivity index (χ1n) is 6.56. The number of aryl methyl sites for hydroxylation is 2. The van der Waals surface area contributed by atoms with E-state index in [1.807, 2.05) is 0 Å². The van der Waals surface area contributed by atoms with Crippen LogP contribution in [0.15, 0.2) is 33.6 Å². The van der Waals surface area contributed by atoms with Gasteiger partial charge >= 0.3 is 0 Å². The molecule has 2 aromatic heterocycles. The van der Waals surface area contributed by atoms with Crippen LogP contribution in [0.4, 0.5) is 0 Å². The lowest BCUT2D eigenvalue weighted by molar-refractivity contribution is 0.0514. The molecule has 0 bridgehead atoms. The first-order chi connectivity index (χ1) is 9.79. The van der Waals surface area contributed by atoms with E-state index >= 15 is 0 Å². The maximum Gasteiger partial charge on any atom is 0.251 e. The smallest absolute Gasteiger partial charge is 0.251 e. The Morgan fingerprint density at radius 1 is 1.43 bits per heavy atom. The summed E-state index contributed by atoms with van der Waals surface area (Å²) < 4.78 is 5.39. The van der Waals surface area contributed by atoms with Crippen LogP contribution in [0.1, 0.15) is 34.4 Å². The van der Waals surface area contributed by atoms with Crippen LogP contribution < -0.4 is 10.9 Å². The van der Waals surface area contributed by atoms with Crippen molar-refractivity contribution in [1.82, 2.24) is 10.3 Å². The number of pyridine rings is 1. The van der Waals surface area contributed by atoms with Crippen molar-refractivity contribution in [2.75, 3.05) is 6.54 Å². The van der Waals surface area contributed by atoms with Crippen LogP contribution in [-0.2, 0) is 5.60 Å². The third-order valence-corrected chi connectivity index (χ3v) is 3.25. The van der Waals surface area contributed by atoms with Crippen LogP contribution in [0.25, 0.3) is 0 Å². The molecule has 0 spiro atoms. The van der Waals surface area contributed by atoms with Gasteiger partial charge in [0, 0.05) is 23.4 Å². The largest absolute Gasteiger partial charge is 0.466 e. The normalized spacial score (nSPS) is 13.7. The van der Waals surface area contributed by atoms with Crippen LogP contribution in [0.5, 0.6) is 0 Å². The molecule has 1 atom stereocenters. The second-order valence-electron chi connectivity index (χ2n) is 5.23. The predicted molar refractivity (Wildman–Crippen MR) is 77.1 cm³/mol. The molecule has 0 aliphatic carbocycles. The van der Waals surface area contributed by atoms with Gasteiger partial charge in [-0.05, 0) is 32.9 Å². The molecule has 0 saturated carbocycles. The molecule has 3 N–H and O–H groups in total. The van der Waals surface area contributed by atoms with E-state index < -0.39 is 11.5 Å². The van der Waals surface area contributed by atoms with Crippen LogP contribution in [0.3, 0.4) is 0 Å². The minimum atomic E-state index is -1.25. The highest BCUT2D eigenvalue weighted by molar-refractivity contribution is 5.94. The molecule has 0 fully saturated rings. The van der Waals surface area contributed by atoms with Crippen molar-refractivity contribution in [3.63, 3.8) is 0 Å². The summed E-state index contributed by atoms with van der Waals surface area (Å²) in [4.78, 5) is 25.6. The SMILES string of the molecule is Cc1cc(C(C)(O)CNC(=O)c2cc[nH]c(=O)c2)c(C)o1. The van der Waals surface area contributed by atoms with Crippen LogP contribution in [-0.4, -0.2) is 22.5 Å². The third-order valence-electron chi connectivity index (χ3n) is 3.25. The van der Waals surface area contributed by atoms with E-state index in [2.05, 4.69) is 10.3 Å². The summed E-state index contributed by atoms with van der Waals surface area (Å²) >= 11 is 0. The molecule has 2 aromatic rings. The molecule has 6 nitrogen and oxygen atoms in total. The zero-order valence-electron chi connectivity index (χ0n) is 12.2. The first-order valence-corrected chi connectivity index (χ1v) is 6.56. The predicted octanol–water partition coefficient (Wildman–Crippen LogP) is 1.22. The Morgan fingerprint density at radius 2 is 2.14 bits per heavy atom. The van der Waals surface area contributed by atoms with Crippen molar-refractivity contribution >= 4 is 5.91 Å². The summed E-state index contributed by atoms with van der Waals surface area (Å²) in [6.45, 7) is 5.16. The molecule has 2 heterocycles. The van der Waals surface area contributed by atoms with E-state index in [0.29, 0.717) is 17.1 Å². The number of amides is 1. The number of hydrogen-bond acceptors (Lipinski definition) is 4. The van der Waals surface area contributed by atoms with Gasteiger partial charge in [0.2, 0.25) is 5.56 Å². The number of hydrogen-bond donors (Lipinski definition) is 3. The molecule has 0 aliphatic heterocycles. The first kappa shape index (κ1) is 15.1. The van der Waals surface area contributed by atoms with Gasteiger partial charge in [0.15, 0.2) is 0 Å². The molecule has 6 heteroatoms. The van der Waals surface area contributed by atoms with Gasteiger partial charge in [-0.1, -0.05) is 0 Å². The zero-order chi connectivity index (χ0) is 15.6. The number of carbonyl (C=O) groups is 1. The number of aromatic amines is 1. The number of H-pyrrole nitrogens is 1. The van der Waals surface area contributed by atoms with Crippen molar-refractivity contribution in [2.24, 2.45) is 0 Å². The standard InChI is InChI=1S/C15H18N2O4/c1-9-6-12(10(2)21-9)15(3,20)8-17-14(19)11-4-5-16-13(18)7-11/h4-7,20H,8H2,1-3H3,(H,16,18)(H,17,19). The lowest BCUT2D eigenvalue weighted by atomic mass is 9.96. The Morgan fingerprint density at radius 3 is 2.71 bits per heavy atom. The Kier molecular flexibility index (Phi) is 3.99. The van der Waals surface area contributed by atoms with Crippen LogP contribution in [0, 0.1) is 13.8 Å². The highest BCUT2D eigenvalue weighted by atomic mass is 16.3. The van der Waals surface area contributed by atoms with E-state index in [-0.39, 0.29) is 17.7 Å². The fourth-order valence-corrected chi connectivity index (χ4v) is 2.20. The Balaban J connectivity index is 2.10. The van der Waals surface area contributed by atoms with Gasteiger partial charge in [0.05, 0.1) is 6.54 Å². The highest BCUT2D eigenvalue weighted by Gasteiger charge is 2.28. The lowest BCUT2D eigenvalue weighted by Gasteiger charge is -2.23. The number of nitrogens with one attached hydrogen (secondary N) is 2. The molecule has 1 unspecified atom stereocenters. The second kappa shape index (κ2) is 5.57. The molecule has 0 radical (unpaired) electrons. The lowest BCUT2D eigenvalue weighted by Crippen LogP contribution is -2.39. The minimum absolute atomic E-state index is 0.0123. The summed E-state index contributed by atoms with van der Waals surface area (Å²) in [6, 6.07) is 4.45. The highest BCUT2D eigenvalue weighted by Crippen LogP contribution is 2.26. The third kappa shape index (κ3) is 3.41. The monoisotopic (exact) mass is 290 g/mol. The molecule has 0 aliphatic rings. The minimum Gasteiger partial charge on any atom is -0.466 e. The van der Waals surface area contributed by atoms with Gasteiger partial charge in [-0.2, -0.15) is 0 Å². The van der Waals surface area contributed by atoms with E-state index in [1.54, 1.807) is 26.8 Å². The summed E-state index contributed by atoms with van der Waals surface area (Å²) in [5, 5.41) is 13.1. The molecule has 1 amide bonds. The van der Waals surface area contributed by atoms with Gasteiger partial charge in [-0.15, -0.1) is 0 Å². The van der Waals surface area contributed by atoms with Crippen LogP contribution in [0.2, 0.25) is 0 Å². The average molecular weight is 290 g/mol. The fraction of sp³-hybridized carbons (Fsp3) is 0.333. The zero-order valence-corrected chi connectivity index (χ0v) is 12.2. The molecular formula is C15H18N2O4. The van der Waals surface area contributed by atoms with Crippen molar-refractivity contribution in [2.45, 2.75) is 26.4 Å². The van der Waals surface area contributed by atoms with E-state index in [0.717, 1.165) is 0 Å². The van der Waals surface area contributed by atoms with Gasteiger partial charge in [0.25, 0.3) is 5.91 Å². The number of furan rings is 1. The quantitative estimate of drug-likeness (QED) is 0.789. The number of carbonyl (C=O) groups excluding carboxylic acids is 1. The number of aromatic nitrogens is 1. The van der Waals surface area contributed by atoms with E-state index in [1.165, 1.54) is 18.3 Å². The van der Waals surface area contributed by atoms with E-state index in [4.69, 9.17) is 4.42 Å². The molecule has 0 aromatic carbocycles. The van der Waals surface area contributed by atoms with Crippen LogP contribution >= 0.6 is 0 Å². The van der Waals surface area contributed by atoms with Gasteiger partial charge < -0.3 is 19.8 Å². The summed E-state index contributed by atoms with van der Waals surface area (Å²) in [7, 11) is 0. The molecular weight excluding hydrogens is 272 g/mol. The summed E-state index contributed by atoms with van der Waals surface area (Å²) in [6.07, 6.45) is 1.40. The van der Waals surface area contributed by atoms with Crippen molar-refractivity contribution < 1.29 is 14.3 Å². The number of rotatable bonds is 4. The summed E-state index contributed by atoms with van der Waals surface area (Å²) in [5.74, 6) is 0.894. The maximum absolute atomic E-state index is 12.0. The van der Waals surface area contributed by atoms with Gasteiger partial charge in [0.1, 0.15) is 17.1 Å². The number of aliphatic hydroxyl groups is 1. The van der Waals surface area contributed by atoms with Crippen molar-refractivity contribution in [3.05, 3.63) is 57.4 Å². The Labute approximate surface area is 121 Å². The topological polar surface area (TPSA) is 95.3 Å².